The monoisotopic (exact) mass is 272 g/mol. The number of hydrogen-bond acceptors (Lipinski definition) is 4. The molecule has 1 aromatic heterocycles. The minimum Gasteiger partial charge on any atom is -0.379 e. The maximum atomic E-state index is 11.7. The molecule has 0 atom stereocenters. The quantitative estimate of drug-likeness (QED) is 0.819. The van der Waals surface area contributed by atoms with Gasteiger partial charge in [0.1, 0.15) is 0 Å². The average molecular weight is 273 g/mol. The highest BCUT2D eigenvalue weighted by Gasteiger charge is 2.13. The molecule has 1 aromatic rings. The van der Waals surface area contributed by atoms with E-state index in [1.807, 2.05) is 0 Å². The molecule has 0 spiro atoms. The molecule has 1 aliphatic rings. The summed E-state index contributed by atoms with van der Waals surface area (Å²) >= 11 is 5.74. The first-order valence-corrected chi connectivity index (χ1v) is 6.36. The molecule has 1 amide bonds. The summed E-state index contributed by atoms with van der Waals surface area (Å²) in [7, 11) is 0. The second kappa shape index (κ2) is 6.72. The lowest BCUT2D eigenvalue weighted by atomic mass is 10.4. The normalized spacial score (nSPS) is 16.7. The van der Waals surface area contributed by atoms with Gasteiger partial charge in [0.15, 0.2) is 0 Å². The summed E-state index contributed by atoms with van der Waals surface area (Å²) in [6, 6.07) is 0. The van der Waals surface area contributed by atoms with E-state index in [9.17, 15) is 4.79 Å². The van der Waals surface area contributed by atoms with Gasteiger partial charge in [-0.3, -0.25) is 14.4 Å². The van der Waals surface area contributed by atoms with Crippen LogP contribution in [-0.4, -0.2) is 60.0 Å². The number of rotatable bonds is 5. The molecule has 2 rings (SSSR count). The molecule has 1 fully saturated rings. The number of carbonyl (C=O) groups excluding carboxylic acids is 1. The van der Waals surface area contributed by atoms with Crippen LogP contribution in [0.3, 0.4) is 0 Å². The molecular weight excluding hydrogens is 256 g/mol. The molecular formula is C11H17ClN4O2. The fraction of sp³-hybridized carbons (Fsp3) is 0.636. The molecule has 0 saturated carbocycles. The van der Waals surface area contributed by atoms with Gasteiger partial charge in [-0.1, -0.05) is 11.6 Å². The first kappa shape index (κ1) is 13.3. The Labute approximate surface area is 111 Å². The van der Waals surface area contributed by atoms with Gasteiger partial charge in [0, 0.05) is 25.8 Å². The first-order valence-electron chi connectivity index (χ1n) is 5.99. The zero-order valence-electron chi connectivity index (χ0n) is 10.1. The summed E-state index contributed by atoms with van der Waals surface area (Å²) in [5, 5.41) is 7.50. The maximum absolute atomic E-state index is 11.7. The van der Waals surface area contributed by atoms with Crippen molar-refractivity contribution >= 4 is 17.5 Å². The Balaban J connectivity index is 1.62. The molecule has 0 unspecified atom stereocenters. The smallest absolute Gasteiger partial charge is 0.234 e. The molecule has 100 valence electrons. The Morgan fingerprint density at radius 3 is 2.94 bits per heavy atom. The lowest BCUT2D eigenvalue weighted by molar-refractivity contribution is -0.123. The van der Waals surface area contributed by atoms with Crippen LogP contribution in [0.4, 0.5) is 0 Å². The molecule has 7 heteroatoms. The third kappa shape index (κ3) is 4.29. The molecule has 18 heavy (non-hydrogen) atoms. The summed E-state index contributed by atoms with van der Waals surface area (Å²) in [6.07, 6.45) is 3.31. The maximum Gasteiger partial charge on any atom is 0.234 e. The van der Waals surface area contributed by atoms with Gasteiger partial charge < -0.3 is 10.1 Å². The van der Waals surface area contributed by atoms with E-state index in [1.54, 1.807) is 17.1 Å². The highest BCUT2D eigenvalue weighted by molar-refractivity contribution is 6.30. The lowest BCUT2D eigenvalue weighted by Gasteiger charge is -2.25. The van der Waals surface area contributed by atoms with Crippen molar-refractivity contribution in [3.05, 3.63) is 17.4 Å². The van der Waals surface area contributed by atoms with Crippen LogP contribution in [0.25, 0.3) is 0 Å². The van der Waals surface area contributed by atoms with Crippen molar-refractivity contribution in [2.24, 2.45) is 0 Å². The van der Waals surface area contributed by atoms with E-state index in [4.69, 9.17) is 16.3 Å². The summed E-state index contributed by atoms with van der Waals surface area (Å²) in [6.45, 7) is 4.68. The number of carbonyl (C=O) groups is 1. The summed E-state index contributed by atoms with van der Waals surface area (Å²) < 4.78 is 6.93. The molecule has 1 N–H and O–H groups in total. The van der Waals surface area contributed by atoms with Crippen LogP contribution in [0.2, 0.25) is 5.02 Å². The standard InChI is InChI=1S/C11H17ClN4O2/c12-10-7-14-16(8-10)2-1-13-11(17)9-15-3-5-18-6-4-15/h7-8H,1-6,9H2,(H,13,17). The number of nitrogens with zero attached hydrogens (tertiary/aromatic N) is 3. The Morgan fingerprint density at radius 1 is 1.50 bits per heavy atom. The van der Waals surface area contributed by atoms with Crippen molar-refractivity contribution in [2.45, 2.75) is 6.54 Å². The third-order valence-electron chi connectivity index (χ3n) is 2.74. The van der Waals surface area contributed by atoms with Gasteiger partial charge >= 0.3 is 0 Å². The zero-order chi connectivity index (χ0) is 12.8. The van der Waals surface area contributed by atoms with Crippen molar-refractivity contribution < 1.29 is 9.53 Å². The minimum atomic E-state index is 0.0372. The number of ether oxygens (including phenoxy) is 1. The number of aromatic nitrogens is 2. The summed E-state index contributed by atoms with van der Waals surface area (Å²) in [5.74, 6) is 0.0372. The predicted molar refractivity (Wildman–Crippen MR) is 67.5 cm³/mol. The van der Waals surface area contributed by atoms with E-state index in [2.05, 4.69) is 15.3 Å². The van der Waals surface area contributed by atoms with E-state index in [0.29, 0.717) is 37.9 Å². The van der Waals surface area contributed by atoms with Crippen LogP contribution in [0.5, 0.6) is 0 Å². The fourth-order valence-corrected chi connectivity index (χ4v) is 1.95. The van der Waals surface area contributed by atoms with E-state index < -0.39 is 0 Å². The van der Waals surface area contributed by atoms with Crippen LogP contribution in [0.15, 0.2) is 12.4 Å². The number of halogens is 1. The fourth-order valence-electron chi connectivity index (χ4n) is 1.79. The Hall–Kier alpha value is -1.11. The van der Waals surface area contributed by atoms with Crippen molar-refractivity contribution in [1.29, 1.82) is 0 Å². The van der Waals surface area contributed by atoms with Gasteiger partial charge in [-0.15, -0.1) is 0 Å². The molecule has 0 bridgehead atoms. The Kier molecular flexibility index (Phi) is 4.98. The lowest BCUT2D eigenvalue weighted by Crippen LogP contribution is -2.43. The average Bonchev–Trinajstić information content (AvgIpc) is 2.76. The van der Waals surface area contributed by atoms with Crippen LogP contribution in [-0.2, 0) is 16.1 Å². The Morgan fingerprint density at radius 2 is 2.28 bits per heavy atom. The van der Waals surface area contributed by atoms with Crippen molar-refractivity contribution in [2.75, 3.05) is 39.4 Å². The topological polar surface area (TPSA) is 59.4 Å². The highest BCUT2D eigenvalue weighted by atomic mass is 35.5. The molecule has 1 saturated heterocycles. The van der Waals surface area contributed by atoms with E-state index in [1.165, 1.54) is 0 Å². The molecule has 6 nitrogen and oxygen atoms in total. The van der Waals surface area contributed by atoms with Gasteiger partial charge in [0.2, 0.25) is 5.91 Å². The first-order chi connectivity index (χ1) is 8.74. The zero-order valence-corrected chi connectivity index (χ0v) is 10.9. The van der Waals surface area contributed by atoms with Gasteiger partial charge in [-0.05, 0) is 0 Å². The van der Waals surface area contributed by atoms with E-state index >= 15 is 0 Å². The number of nitrogens with one attached hydrogen (secondary N) is 1. The summed E-state index contributed by atoms with van der Waals surface area (Å²) in [4.78, 5) is 13.7. The van der Waals surface area contributed by atoms with Crippen molar-refractivity contribution in [3.8, 4) is 0 Å². The van der Waals surface area contributed by atoms with Crippen LogP contribution in [0, 0.1) is 0 Å². The van der Waals surface area contributed by atoms with E-state index in [0.717, 1.165) is 13.1 Å². The minimum absolute atomic E-state index is 0.0372. The van der Waals surface area contributed by atoms with Gasteiger partial charge in [-0.25, -0.2) is 0 Å². The number of hydrogen-bond donors (Lipinski definition) is 1. The van der Waals surface area contributed by atoms with Gasteiger partial charge in [0.25, 0.3) is 0 Å². The van der Waals surface area contributed by atoms with E-state index in [-0.39, 0.29) is 5.91 Å². The van der Waals surface area contributed by atoms with Crippen molar-refractivity contribution in [1.82, 2.24) is 20.0 Å². The SMILES string of the molecule is O=C(CN1CCOCC1)NCCn1cc(Cl)cn1. The molecule has 0 aliphatic carbocycles. The second-order valence-electron chi connectivity index (χ2n) is 4.16. The number of amides is 1. The second-order valence-corrected chi connectivity index (χ2v) is 4.60. The van der Waals surface area contributed by atoms with Crippen LogP contribution < -0.4 is 5.32 Å². The van der Waals surface area contributed by atoms with Gasteiger partial charge in [0.05, 0.1) is 37.5 Å². The Bertz CT molecular complexity index is 390. The summed E-state index contributed by atoms with van der Waals surface area (Å²) in [5.41, 5.74) is 0. The van der Waals surface area contributed by atoms with Gasteiger partial charge in [-0.2, -0.15) is 5.10 Å². The molecule has 2 heterocycles. The molecule has 0 aromatic carbocycles. The van der Waals surface area contributed by atoms with Crippen LogP contribution >= 0.6 is 11.6 Å². The largest absolute Gasteiger partial charge is 0.379 e. The molecule has 0 radical (unpaired) electrons. The van der Waals surface area contributed by atoms with Crippen molar-refractivity contribution in [3.63, 3.8) is 0 Å². The predicted octanol–water partition coefficient (Wildman–Crippen LogP) is -0.0151. The number of morpholine rings is 1. The third-order valence-corrected chi connectivity index (χ3v) is 2.93. The van der Waals surface area contributed by atoms with Crippen LogP contribution in [0.1, 0.15) is 0 Å². The molecule has 1 aliphatic heterocycles. The highest BCUT2D eigenvalue weighted by Crippen LogP contribution is 2.03.